The van der Waals surface area contributed by atoms with Crippen molar-refractivity contribution in [3.8, 4) is 0 Å². The Morgan fingerprint density at radius 3 is 2.39 bits per heavy atom. The fraction of sp³-hybridized carbons (Fsp3) is 0.800. The van der Waals surface area contributed by atoms with E-state index in [0.29, 0.717) is 6.54 Å². The first-order valence-corrected chi connectivity index (χ1v) is 7.53. The molecule has 0 aromatic carbocycles. The van der Waals surface area contributed by atoms with E-state index in [-0.39, 0.29) is 0 Å². The van der Waals surface area contributed by atoms with Crippen molar-refractivity contribution in [2.45, 2.75) is 45.2 Å². The standard InChI is InChI=1S/C15H23N3/c16-8-15-17-1-2-18(15)9-14-12-4-10-3-11(6-12)7-13(14)5-10/h1-2,10-14H,3-9,16H2. The van der Waals surface area contributed by atoms with Crippen LogP contribution in [0.4, 0.5) is 0 Å². The van der Waals surface area contributed by atoms with Gasteiger partial charge in [-0.25, -0.2) is 4.98 Å². The molecule has 4 aliphatic rings. The minimum absolute atomic E-state index is 0.570. The summed E-state index contributed by atoms with van der Waals surface area (Å²) < 4.78 is 2.31. The molecule has 0 amide bonds. The van der Waals surface area contributed by atoms with Gasteiger partial charge in [0.15, 0.2) is 0 Å². The smallest absolute Gasteiger partial charge is 0.122 e. The minimum Gasteiger partial charge on any atom is -0.334 e. The second-order valence-electron chi connectivity index (χ2n) is 6.79. The molecule has 3 heteroatoms. The van der Waals surface area contributed by atoms with Gasteiger partial charge in [-0.1, -0.05) is 0 Å². The van der Waals surface area contributed by atoms with Crippen LogP contribution in [0, 0.1) is 29.6 Å². The molecule has 4 fully saturated rings. The van der Waals surface area contributed by atoms with Crippen LogP contribution in [0.1, 0.15) is 37.9 Å². The van der Waals surface area contributed by atoms with Gasteiger partial charge in [0.25, 0.3) is 0 Å². The lowest BCUT2D eigenvalue weighted by molar-refractivity contribution is -0.0432. The molecule has 4 aliphatic carbocycles. The number of nitrogens with two attached hydrogens (primary N) is 1. The van der Waals surface area contributed by atoms with E-state index in [1.165, 1.54) is 32.2 Å². The lowest BCUT2D eigenvalue weighted by Gasteiger charge is -2.54. The Bertz CT molecular complexity index is 409. The highest BCUT2D eigenvalue weighted by Crippen LogP contribution is 2.56. The van der Waals surface area contributed by atoms with Crippen molar-refractivity contribution < 1.29 is 0 Å². The normalized spacial score (nSPS) is 41.5. The van der Waals surface area contributed by atoms with Crippen LogP contribution in [-0.2, 0) is 13.1 Å². The van der Waals surface area contributed by atoms with Gasteiger partial charge in [-0.05, 0) is 61.7 Å². The number of aromatic nitrogens is 2. The van der Waals surface area contributed by atoms with Crippen LogP contribution in [0.2, 0.25) is 0 Å². The number of rotatable bonds is 3. The third-order valence-corrected chi connectivity index (χ3v) is 5.81. The van der Waals surface area contributed by atoms with Gasteiger partial charge < -0.3 is 10.3 Å². The zero-order valence-corrected chi connectivity index (χ0v) is 11.0. The van der Waals surface area contributed by atoms with Gasteiger partial charge in [0, 0.05) is 18.9 Å². The zero-order chi connectivity index (χ0) is 12.1. The number of hydrogen-bond acceptors (Lipinski definition) is 2. The van der Waals surface area contributed by atoms with Gasteiger partial charge in [0.1, 0.15) is 5.82 Å². The molecule has 2 N–H and O–H groups in total. The average molecular weight is 245 g/mol. The van der Waals surface area contributed by atoms with Gasteiger partial charge in [0.05, 0.1) is 6.54 Å². The van der Waals surface area contributed by atoms with Crippen LogP contribution in [-0.4, -0.2) is 9.55 Å². The Labute approximate surface area is 109 Å². The summed E-state index contributed by atoms with van der Waals surface area (Å²) in [6.07, 6.45) is 11.6. The summed E-state index contributed by atoms with van der Waals surface area (Å²) in [4.78, 5) is 4.36. The predicted octanol–water partition coefficient (Wildman–Crippen LogP) is 2.41. The molecule has 0 aliphatic heterocycles. The van der Waals surface area contributed by atoms with Crippen molar-refractivity contribution >= 4 is 0 Å². The maximum Gasteiger partial charge on any atom is 0.122 e. The zero-order valence-electron chi connectivity index (χ0n) is 11.0. The lowest BCUT2D eigenvalue weighted by atomic mass is 9.52. The van der Waals surface area contributed by atoms with E-state index < -0.39 is 0 Å². The van der Waals surface area contributed by atoms with Gasteiger partial charge in [-0.2, -0.15) is 0 Å². The van der Waals surface area contributed by atoms with Crippen molar-refractivity contribution in [3.05, 3.63) is 18.2 Å². The fourth-order valence-electron chi connectivity index (χ4n) is 5.26. The first kappa shape index (κ1) is 11.0. The first-order chi connectivity index (χ1) is 8.83. The van der Waals surface area contributed by atoms with Crippen LogP contribution in [0.3, 0.4) is 0 Å². The topological polar surface area (TPSA) is 43.8 Å². The molecule has 0 spiro atoms. The molecule has 1 aromatic rings. The molecule has 0 radical (unpaired) electrons. The molecule has 5 rings (SSSR count). The highest BCUT2D eigenvalue weighted by atomic mass is 15.1. The summed E-state index contributed by atoms with van der Waals surface area (Å²) in [6, 6.07) is 0. The fourth-order valence-corrected chi connectivity index (χ4v) is 5.26. The third kappa shape index (κ3) is 1.63. The molecule has 0 unspecified atom stereocenters. The number of imidazole rings is 1. The Hall–Kier alpha value is -0.830. The van der Waals surface area contributed by atoms with Crippen LogP contribution in [0.5, 0.6) is 0 Å². The minimum atomic E-state index is 0.570. The predicted molar refractivity (Wildman–Crippen MR) is 70.7 cm³/mol. The molecule has 1 aromatic heterocycles. The van der Waals surface area contributed by atoms with Crippen LogP contribution in [0.15, 0.2) is 12.4 Å². The van der Waals surface area contributed by atoms with E-state index in [4.69, 9.17) is 5.73 Å². The quantitative estimate of drug-likeness (QED) is 0.888. The summed E-state index contributed by atoms with van der Waals surface area (Å²) in [5, 5.41) is 0. The summed E-state index contributed by atoms with van der Waals surface area (Å²) in [5.74, 6) is 6.09. The highest BCUT2D eigenvalue weighted by Gasteiger charge is 2.48. The Kier molecular flexibility index (Phi) is 2.51. The largest absolute Gasteiger partial charge is 0.334 e. The molecule has 0 atom stereocenters. The molecule has 18 heavy (non-hydrogen) atoms. The SMILES string of the molecule is NCc1nccn1CC1C2CC3CC(C2)CC1C3. The maximum atomic E-state index is 5.76. The van der Waals surface area contributed by atoms with Crippen LogP contribution < -0.4 is 5.73 Å². The van der Waals surface area contributed by atoms with E-state index in [9.17, 15) is 0 Å². The van der Waals surface area contributed by atoms with Crippen LogP contribution in [0.25, 0.3) is 0 Å². The van der Waals surface area contributed by atoms with Crippen molar-refractivity contribution in [3.63, 3.8) is 0 Å². The molecular formula is C15H23N3. The van der Waals surface area contributed by atoms with Crippen molar-refractivity contribution in [1.82, 2.24) is 9.55 Å². The van der Waals surface area contributed by atoms with E-state index in [2.05, 4.69) is 15.7 Å². The molecule has 4 saturated carbocycles. The maximum absolute atomic E-state index is 5.76. The van der Waals surface area contributed by atoms with Gasteiger partial charge >= 0.3 is 0 Å². The van der Waals surface area contributed by atoms with E-state index in [1.807, 2.05) is 6.20 Å². The number of nitrogens with zero attached hydrogens (tertiary/aromatic N) is 2. The van der Waals surface area contributed by atoms with E-state index in [0.717, 1.165) is 35.4 Å². The van der Waals surface area contributed by atoms with Gasteiger partial charge in [-0.15, -0.1) is 0 Å². The molecule has 1 heterocycles. The second kappa shape index (κ2) is 4.09. The molecule has 3 nitrogen and oxygen atoms in total. The molecule has 98 valence electrons. The Morgan fingerprint density at radius 1 is 1.11 bits per heavy atom. The third-order valence-electron chi connectivity index (χ3n) is 5.81. The summed E-state index contributed by atoms with van der Waals surface area (Å²) in [6.45, 7) is 1.74. The highest BCUT2D eigenvalue weighted by molar-refractivity contribution is 5.00. The van der Waals surface area contributed by atoms with Crippen LogP contribution >= 0.6 is 0 Å². The monoisotopic (exact) mass is 245 g/mol. The second-order valence-corrected chi connectivity index (χ2v) is 6.79. The van der Waals surface area contributed by atoms with E-state index in [1.54, 1.807) is 6.42 Å². The summed E-state index contributed by atoms with van der Waals surface area (Å²) in [5.41, 5.74) is 5.76. The van der Waals surface area contributed by atoms with Gasteiger partial charge in [-0.3, -0.25) is 0 Å². The summed E-state index contributed by atoms with van der Waals surface area (Å²) >= 11 is 0. The first-order valence-electron chi connectivity index (χ1n) is 7.53. The lowest BCUT2D eigenvalue weighted by Crippen LogP contribution is -2.46. The van der Waals surface area contributed by atoms with Crippen molar-refractivity contribution in [1.29, 1.82) is 0 Å². The van der Waals surface area contributed by atoms with Crippen molar-refractivity contribution in [2.75, 3.05) is 0 Å². The molecule has 0 saturated heterocycles. The Morgan fingerprint density at radius 2 is 1.78 bits per heavy atom. The van der Waals surface area contributed by atoms with E-state index >= 15 is 0 Å². The average Bonchev–Trinajstić information content (AvgIpc) is 2.80. The summed E-state index contributed by atoms with van der Waals surface area (Å²) in [7, 11) is 0. The molecule has 4 bridgehead atoms. The van der Waals surface area contributed by atoms with Gasteiger partial charge in [0.2, 0.25) is 0 Å². The Balaban J connectivity index is 1.55. The molecular weight excluding hydrogens is 222 g/mol. The number of hydrogen-bond donors (Lipinski definition) is 1. The van der Waals surface area contributed by atoms with Crippen molar-refractivity contribution in [2.24, 2.45) is 35.3 Å².